The molecule has 0 unspecified atom stereocenters. The second-order valence-electron chi connectivity index (χ2n) is 3.34. The molecule has 96 valence electrons. The normalized spacial score (nSPS) is 8.42. The third kappa shape index (κ3) is 6.68. The van der Waals surface area contributed by atoms with E-state index >= 15 is 0 Å². The van der Waals surface area contributed by atoms with Gasteiger partial charge in [-0.05, 0) is 24.3 Å². The molecule has 0 fully saturated rings. The van der Waals surface area contributed by atoms with E-state index in [0.29, 0.717) is 11.1 Å². The number of carboxylic acids is 2. The van der Waals surface area contributed by atoms with Crippen molar-refractivity contribution in [3.63, 3.8) is 0 Å². The monoisotopic (exact) mass is 334 g/mol. The summed E-state index contributed by atoms with van der Waals surface area (Å²) in [7, 11) is 0. The number of aromatic carboxylic acids is 2. The maximum atomic E-state index is 10.2. The van der Waals surface area contributed by atoms with Gasteiger partial charge in [-0.15, -0.1) is 0 Å². The number of rotatable bonds is 2. The second kappa shape index (κ2) is 9.23. The Labute approximate surface area is 129 Å². The molecule has 2 N–H and O–H groups in total. The predicted octanol–water partition coefficient (Wildman–Crippen LogP) is 2.77. The van der Waals surface area contributed by atoms with Crippen molar-refractivity contribution < 1.29 is 46.0 Å². The van der Waals surface area contributed by atoms with Crippen LogP contribution in [0.2, 0.25) is 0 Å². The third-order valence-corrected chi connectivity index (χ3v) is 2.04. The van der Waals surface area contributed by atoms with E-state index in [4.69, 9.17) is 10.2 Å². The zero-order chi connectivity index (χ0) is 13.4. The van der Waals surface area contributed by atoms with Gasteiger partial charge >= 0.3 is 11.9 Å². The van der Waals surface area contributed by atoms with E-state index in [9.17, 15) is 9.59 Å². The van der Waals surface area contributed by atoms with Crippen molar-refractivity contribution in [3.05, 3.63) is 71.8 Å². The van der Waals surface area contributed by atoms with Gasteiger partial charge in [0, 0.05) is 26.2 Å². The van der Waals surface area contributed by atoms with Crippen molar-refractivity contribution in [2.45, 2.75) is 0 Å². The predicted molar refractivity (Wildman–Crippen MR) is 66.8 cm³/mol. The number of carbonyl (C=O) groups is 2. The summed E-state index contributed by atoms with van der Waals surface area (Å²) in [6.45, 7) is 0. The molecular weight excluding hydrogens is 323 g/mol. The SMILES string of the molecule is O=C(O)c1ccccc1.O=C(O)c1ccccc1.[Zr]. The summed E-state index contributed by atoms with van der Waals surface area (Å²) in [5, 5.41) is 16.8. The van der Waals surface area contributed by atoms with Crippen molar-refractivity contribution in [3.8, 4) is 0 Å². The van der Waals surface area contributed by atoms with Crippen LogP contribution >= 0.6 is 0 Å². The van der Waals surface area contributed by atoms with Gasteiger partial charge in [0.2, 0.25) is 0 Å². The van der Waals surface area contributed by atoms with Crippen LogP contribution in [-0.4, -0.2) is 22.2 Å². The minimum absolute atomic E-state index is 0. The van der Waals surface area contributed by atoms with E-state index in [0.717, 1.165) is 0 Å². The van der Waals surface area contributed by atoms with E-state index in [1.165, 1.54) is 0 Å². The van der Waals surface area contributed by atoms with Gasteiger partial charge in [0.1, 0.15) is 0 Å². The molecule has 2 rings (SSSR count). The molecule has 0 spiro atoms. The molecule has 2 aromatic rings. The average molecular weight is 335 g/mol. The molecule has 0 saturated heterocycles. The quantitative estimate of drug-likeness (QED) is 0.885. The van der Waals surface area contributed by atoms with Gasteiger partial charge in [-0.3, -0.25) is 0 Å². The standard InChI is InChI=1S/2C7H6O2.Zr/c2*8-7(9)6-4-2-1-3-5-6;/h2*1-5H,(H,8,9);. The second-order valence-corrected chi connectivity index (χ2v) is 3.34. The topological polar surface area (TPSA) is 74.6 Å². The number of benzene rings is 2. The van der Waals surface area contributed by atoms with Gasteiger partial charge in [0.25, 0.3) is 0 Å². The van der Waals surface area contributed by atoms with E-state index in [1.807, 2.05) is 0 Å². The summed E-state index contributed by atoms with van der Waals surface area (Å²) in [4.78, 5) is 20.4. The molecule has 0 atom stereocenters. The van der Waals surface area contributed by atoms with Gasteiger partial charge < -0.3 is 10.2 Å². The number of hydrogen-bond donors (Lipinski definition) is 2. The summed E-state index contributed by atoms with van der Waals surface area (Å²) in [5.41, 5.74) is 0.662. The minimum atomic E-state index is -0.879. The molecule has 0 aliphatic carbocycles. The molecule has 0 heterocycles. The molecule has 0 bridgehead atoms. The Morgan fingerprint density at radius 2 is 0.895 bits per heavy atom. The Morgan fingerprint density at radius 3 is 1.05 bits per heavy atom. The Hall–Kier alpha value is -1.74. The molecule has 0 aliphatic heterocycles. The summed E-state index contributed by atoms with van der Waals surface area (Å²) in [5.74, 6) is -1.76. The van der Waals surface area contributed by atoms with Crippen LogP contribution < -0.4 is 0 Å². The van der Waals surface area contributed by atoms with Crippen LogP contribution in [0.4, 0.5) is 0 Å². The van der Waals surface area contributed by atoms with Crippen molar-refractivity contribution in [2.75, 3.05) is 0 Å². The largest absolute Gasteiger partial charge is 0.478 e. The van der Waals surface area contributed by atoms with Gasteiger partial charge in [-0.2, -0.15) is 0 Å². The van der Waals surface area contributed by atoms with Crippen molar-refractivity contribution in [1.82, 2.24) is 0 Å². The first-order chi connectivity index (χ1) is 8.61. The number of carboxylic acid groups (broad SMARTS) is 2. The molecule has 19 heavy (non-hydrogen) atoms. The average Bonchev–Trinajstić information content (AvgIpc) is 2.41. The van der Waals surface area contributed by atoms with E-state index < -0.39 is 11.9 Å². The molecule has 0 aliphatic rings. The molecule has 5 heteroatoms. The van der Waals surface area contributed by atoms with Gasteiger partial charge in [0.05, 0.1) is 11.1 Å². The molecule has 4 nitrogen and oxygen atoms in total. The Kier molecular flexibility index (Phi) is 8.38. The summed E-state index contributed by atoms with van der Waals surface area (Å²) in [6, 6.07) is 16.6. The summed E-state index contributed by atoms with van der Waals surface area (Å²) in [6.07, 6.45) is 0. The van der Waals surface area contributed by atoms with Crippen LogP contribution in [0.3, 0.4) is 0 Å². The molecule has 0 saturated carbocycles. The molecule has 0 amide bonds. The van der Waals surface area contributed by atoms with E-state index in [1.54, 1.807) is 60.7 Å². The van der Waals surface area contributed by atoms with Crippen LogP contribution in [0.15, 0.2) is 60.7 Å². The third-order valence-electron chi connectivity index (χ3n) is 2.04. The maximum absolute atomic E-state index is 10.2. The molecule has 0 aromatic heterocycles. The Bertz CT molecular complexity index is 462. The first-order valence-electron chi connectivity index (χ1n) is 5.18. The van der Waals surface area contributed by atoms with Crippen LogP contribution in [0.5, 0.6) is 0 Å². The zero-order valence-electron chi connectivity index (χ0n) is 9.98. The van der Waals surface area contributed by atoms with Crippen LogP contribution in [0, 0.1) is 0 Å². The fraction of sp³-hybridized carbons (Fsp3) is 0. The Balaban J connectivity index is 0.000000324. The first-order valence-corrected chi connectivity index (χ1v) is 5.18. The van der Waals surface area contributed by atoms with Crippen molar-refractivity contribution >= 4 is 11.9 Å². The van der Waals surface area contributed by atoms with E-state index in [-0.39, 0.29) is 26.2 Å². The smallest absolute Gasteiger partial charge is 0.335 e. The fourth-order valence-corrected chi connectivity index (χ4v) is 1.16. The molecular formula is C14H12O4Zr. The Morgan fingerprint density at radius 1 is 0.632 bits per heavy atom. The van der Waals surface area contributed by atoms with Crippen molar-refractivity contribution in [1.29, 1.82) is 0 Å². The molecule has 0 radical (unpaired) electrons. The minimum Gasteiger partial charge on any atom is -0.478 e. The van der Waals surface area contributed by atoms with Crippen LogP contribution in [-0.2, 0) is 26.2 Å². The zero-order valence-corrected chi connectivity index (χ0v) is 12.4. The van der Waals surface area contributed by atoms with Crippen molar-refractivity contribution in [2.24, 2.45) is 0 Å². The van der Waals surface area contributed by atoms with E-state index in [2.05, 4.69) is 0 Å². The fourth-order valence-electron chi connectivity index (χ4n) is 1.16. The maximum Gasteiger partial charge on any atom is 0.335 e. The first kappa shape index (κ1) is 17.3. The summed E-state index contributed by atoms with van der Waals surface area (Å²) >= 11 is 0. The van der Waals surface area contributed by atoms with Crippen LogP contribution in [0.25, 0.3) is 0 Å². The number of hydrogen-bond acceptors (Lipinski definition) is 2. The molecule has 2 aromatic carbocycles. The van der Waals surface area contributed by atoms with Gasteiger partial charge in [-0.25, -0.2) is 9.59 Å². The summed E-state index contributed by atoms with van der Waals surface area (Å²) < 4.78 is 0. The van der Waals surface area contributed by atoms with Gasteiger partial charge in [-0.1, -0.05) is 36.4 Å². The van der Waals surface area contributed by atoms with Gasteiger partial charge in [0.15, 0.2) is 0 Å². The van der Waals surface area contributed by atoms with Crippen LogP contribution in [0.1, 0.15) is 20.7 Å².